The van der Waals surface area contributed by atoms with Crippen molar-refractivity contribution in [3.8, 4) is 0 Å². The minimum atomic E-state index is -0.238. The van der Waals surface area contributed by atoms with E-state index in [4.69, 9.17) is 0 Å². The molecule has 0 aromatic heterocycles. The van der Waals surface area contributed by atoms with E-state index in [9.17, 15) is 8.78 Å². The highest BCUT2D eigenvalue weighted by Gasteiger charge is 2.29. The van der Waals surface area contributed by atoms with Crippen LogP contribution in [0.3, 0.4) is 0 Å². The van der Waals surface area contributed by atoms with Crippen LogP contribution in [0.1, 0.15) is 29.4 Å². The van der Waals surface area contributed by atoms with E-state index >= 15 is 0 Å². The van der Waals surface area contributed by atoms with Crippen LogP contribution >= 0.6 is 15.9 Å². The van der Waals surface area contributed by atoms with Crippen LogP contribution in [0.5, 0.6) is 0 Å². The summed E-state index contributed by atoms with van der Waals surface area (Å²) in [6.07, 6.45) is 0.978. The lowest BCUT2D eigenvalue weighted by Gasteiger charge is -2.33. The van der Waals surface area contributed by atoms with Crippen molar-refractivity contribution < 1.29 is 8.78 Å². The topological polar surface area (TPSA) is 12.0 Å². The van der Waals surface area contributed by atoms with Gasteiger partial charge in [-0.05, 0) is 54.3 Å². The Morgan fingerprint density at radius 1 is 0.952 bits per heavy atom. The number of benzene rings is 2. The third-order valence-corrected chi connectivity index (χ3v) is 4.83. The molecule has 0 saturated carbocycles. The molecule has 110 valence electrons. The standard InChI is InChI=1S/C17H16BrF2N/c18-17-9-13(20)5-6-15(17)14-7-8-21-10-16(14)11-1-3-12(19)4-2-11/h1-6,9,14,16,21H,7-8,10H2. The molecule has 1 N–H and O–H groups in total. The van der Waals surface area contributed by atoms with Crippen molar-refractivity contribution in [2.75, 3.05) is 13.1 Å². The fourth-order valence-corrected chi connectivity index (χ4v) is 3.74. The van der Waals surface area contributed by atoms with Gasteiger partial charge in [0.2, 0.25) is 0 Å². The van der Waals surface area contributed by atoms with Crippen molar-refractivity contribution in [3.05, 3.63) is 69.7 Å². The molecule has 1 aliphatic rings. The fourth-order valence-electron chi connectivity index (χ4n) is 3.09. The Balaban J connectivity index is 1.96. The highest BCUT2D eigenvalue weighted by atomic mass is 79.9. The number of piperidine rings is 1. The second-order valence-corrected chi connectivity index (χ2v) is 6.28. The SMILES string of the molecule is Fc1ccc(C2CNCCC2c2ccc(F)cc2Br)cc1. The van der Waals surface area contributed by atoms with Crippen molar-refractivity contribution in [1.82, 2.24) is 5.32 Å². The predicted octanol–water partition coefficient (Wildman–Crippen LogP) is 4.59. The first-order valence-electron chi connectivity index (χ1n) is 7.06. The van der Waals surface area contributed by atoms with Gasteiger partial charge in [0.05, 0.1) is 0 Å². The van der Waals surface area contributed by atoms with Crippen LogP contribution < -0.4 is 5.32 Å². The molecular weight excluding hydrogens is 336 g/mol. The van der Waals surface area contributed by atoms with Gasteiger partial charge in [0, 0.05) is 16.9 Å². The van der Waals surface area contributed by atoms with Gasteiger partial charge >= 0.3 is 0 Å². The van der Waals surface area contributed by atoms with Crippen molar-refractivity contribution in [2.45, 2.75) is 18.3 Å². The van der Waals surface area contributed by atoms with E-state index in [1.54, 1.807) is 0 Å². The largest absolute Gasteiger partial charge is 0.316 e. The van der Waals surface area contributed by atoms with Gasteiger partial charge in [0.1, 0.15) is 11.6 Å². The summed E-state index contributed by atoms with van der Waals surface area (Å²) in [5.41, 5.74) is 2.23. The van der Waals surface area contributed by atoms with Crippen LogP contribution in [0.2, 0.25) is 0 Å². The smallest absolute Gasteiger partial charge is 0.124 e. The first-order valence-corrected chi connectivity index (χ1v) is 7.85. The van der Waals surface area contributed by atoms with Gasteiger partial charge in [-0.3, -0.25) is 0 Å². The van der Waals surface area contributed by atoms with Crippen LogP contribution in [0.15, 0.2) is 46.9 Å². The molecule has 0 spiro atoms. The third kappa shape index (κ3) is 3.16. The second kappa shape index (κ2) is 6.24. The van der Waals surface area contributed by atoms with Gasteiger partial charge in [-0.1, -0.05) is 34.1 Å². The monoisotopic (exact) mass is 351 g/mol. The van der Waals surface area contributed by atoms with E-state index in [0.29, 0.717) is 5.92 Å². The number of hydrogen-bond acceptors (Lipinski definition) is 1. The average molecular weight is 352 g/mol. The Kier molecular flexibility index (Phi) is 4.36. The van der Waals surface area contributed by atoms with Crippen molar-refractivity contribution in [3.63, 3.8) is 0 Å². The van der Waals surface area contributed by atoms with Crippen molar-refractivity contribution >= 4 is 15.9 Å². The number of hydrogen-bond donors (Lipinski definition) is 1. The summed E-state index contributed by atoms with van der Waals surface area (Å²) < 4.78 is 27.2. The first kappa shape index (κ1) is 14.7. The molecule has 21 heavy (non-hydrogen) atoms. The van der Waals surface area contributed by atoms with Crippen LogP contribution in [-0.2, 0) is 0 Å². The van der Waals surface area contributed by atoms with E-state index in [1.165, 1.54) is 24.3 Å². The maximum absolute atomic E-state index is 13.3. The fraction of sp³-hybridized carbons (Fsp3) is 0.294. The Hall–Kier alpha value is -1.26. The van der Waals surface area contributed by atoms with Gasteiger partial charge in [-0.15, -0.1) is 0 Å². The van der Waals surface area contributed by atoms with Crippen LogP contribution in [0.25, 0.3) is 0 Å². The lowest BCUT2D eigenvalue weighted by atomic mass is 9.77. The lowest BCUT2D eigenvalue weighted by molar-refractivity contribution is 0.402. The summed E-state index contributed by atoms with van der Waals surface area (Å²) in [6, 6.07) is 11.6. The molecule has 2 atom stereocenters. The summed E-state index contributed by atoms with van der Waals surface area (Å²) in [5, 5.41) is 3.40. The quantitative estimate of drug-likeness (QED) is 0.834. The van der Waals surface area contributed by atoms with Crippen molar-refractivity contribution in [2.24, 2.45) is 0 Å². The molecule has 0 amide bonds. The highest BCUT2D eigenvalue weighted by molar-refractivity contribution is 9.10. The van der Waals surface area contributed by atoms with Crippen molar-refractivity contribution in [1.29, 1.82) is 0 Å². The van der Waals surface area contributed by atoms with Crippen LogP contribution in [0.4, 0.5) is 8.78 Å². The molecular formula is C17H16BrF2N. The maximum atomic E-state index is 13.3. The molecule has 1 aliphatic heterocycles. The second-order valence-electron chi connectivity index (χ2n) is 5.42. The number of halogens is 3. The zero-order valence-electron chi connectivity index (χ0n) is 11.5. The molecule has 3 rings (SSSR count). The summed E-state index contributed by atoms with van der Waals surface area (Å²) in [6.45, 7) is 1.78. The van der Waals surface area contributed by atoms with Gasteiger partial charge in [-0.25, -0.2) is 8.78 Å². The van der Waals surface area contributed by atoms with E-state index in [1.807, 2.05) is 18.2 Å². The molecule has 1 nitrogen and oxygen atoms in total. The molecule has 1 heterocycles. The number of rotatable bonds is 2. The zero-order valence-corrected chi connectivity index (χ0v) is 13.0. The Morgan fingerprint density at radius 2 is 1.67 bits per heavy atom. The third-order valence-electron chi connectivity index (χ3n) is 4.14. The minimum absolute atomic E-state index is 0.220. The molecule has 2 aromatic rings. The van der Waals surface area contributed by atoms with Crippen LogP contribution in [0, 0.1) is 11.6 Å². The van der Waals surface area contributed by atoms with E-state index in [-0.39, 0.29) is 17.6 Å². The molecule has 0 radical (unpaired) electrons. The molecule has 1 fully saturated rings. The summed E-state index contributed by atoms with van der Waals surface area (Å²) in [7, 11) is 0. The molecule has 4 heteroatoms. The maximum Gasteiger partial charge on any atom is 0.124 e. The lowest BCUT2D eigenvalue weighted by Crippen LogP contribution is -2.34. The average Bonchev–Trinajstić information content (AvgIpc) is 2.48. The molecule has 0 bridgehead atoms. The van der Waals surface area contributed by atoms with Crippen LogP contribution in [-0.4, -0.2) is 13.1 Å². The predicted molar refractivity (Wildman–Crippen MR) is 83.5 cm³/mol. The highest BCUT2D eigenvalue weighted by Crippen LogP contribution is 2.40. The normalized spacial score (nSPS) is 22.2. The first-order chi connectivity index (χ1) is 10.1. The van der Waals surface area contributed by atoms with E-state index < -0.39 is 0 Å². The summed E-state index contributed by atoms with van der Waals surface area (Å²) in [5.74, 6) is 0.104. The molecule has 2 unspecified atom stereocenters. The van der Waals surface area contributed by atoms with E-state index in [2.05, 4.69) is 21.2 Å². The summed E-state index contributed by atoms with van der Waals surface area (Å²) >= 11 is 3.47. The molecule has 0 aliphatic carbocycles. The Bertz CT molecular complexity index is 627. The van der Waals surface area contributed by atoms with Gasteiger partial charge < -0.3 is 5.32 Å². The Labute approximate surface area is 131 Å². The van der Waals surface area contributed by atoms with Gasteiger partial charge in [0.15, 0.2) is 0 Å². The minimum Gasteiger partial charge on any atom is -0.316 e. The Morgan fingerprint density at radius 3 is 2.38 bits per heavy atom. The van der Waals surface area contributed by atoms with Gasteiger partial charge in [0.25, 0.3) is 0 Å². The zero-order chi connectivity index (χ0) is 14.8. The molecule has 1 saturated heterocycles. The van der Waals surface area contributed by atoms with E-state index in [0.717, 1.165) is 35.1 Å². The number of nitrogens with one attached hydrogen (secondary N) is 1. The van der Waals surface area contributed by atoms with Gasteiger partial charge in [-0.2, -0.15) is 0 Å². The molecule has 2 aromatic carbocycles. The summed E-state index contributed by atoms with van der Waals surface area (Å²) in [4.78, 5) is 0.